The zero-order chi connectivity index (χ0) is 8.53. The van der Waals surface area contributed by atoms with Crippen LogP contribution in [0.5, 0.6) is 0 Å². The summed E-state index contributed by atoms with van der Waals surface area (Å²) >= 11 is 0. The van der Waals surface area contributed by atoms with E-state index in [0.29, 0.717) is 6.26 Å². The minimum Gasteiger partial charge on any atom is -0.812 e. The molecule has 62 valence electrons. The number of carbonyl (C=O) groups excluding carboxylic acids is 1. The van der Waals surface area contributed by atoms with Gasteiger partial charge in [0.1, 0.15) is 0 Å². The van der Waals surface area contributed by atoms with Crippen LogP contribution in [-0.4, -0.2) is 12.5 Å². The number of carbonyl (C=O) groups is 1. The van der Waals surface area contributed by atoms with Crippen LogP contribution in [0.3, 0.4) is 0 Å². The molecule has 0 radical (unpaired) electrons. The first-order valence-electron chi connectivity index (χ1n) is 3.59. The molecule has 12 heavy (non-hydrogen) atoms. The molecule has 0 aromatic carbocycles. The Hall–Kier alpha value is 0.396. The third-order valence-corrected chi connectivity index (χ3v) is 1.40. The molecular formula is C7H11KN2O2. The molecule has 0 unspecified atom stereocenters. The van der Waals surface area contributed by atoms with Crippen molar-refractivity contribution in [3.8, 4) is 6.26 Å². The Bertz CT molecular complexity index is 146. The van der Waals surface area contributed by atoms with E-state index in [1.807, 2.05) is 0 Å². The Morgan fingerprint density at radius 2 is 2.00 bits per heavy atom. The maximum absolute atomic E-state index is 10.6. The van der Waals surface area contributed by atoms with Gasteiger partial charge in [0.25, 0.3) is 0 Å². The Labute approximate surface area is 115 Å². The van der Waals surface area contributed by atoms with Crippen LogP contribution in [-0.2, 0) is 4.79 Å². The Kier molecular flexibility index (Phi) is 14.1. The number of hydrogen-bond donors (Lipinski definition) is 1. The first-order valence-corrected chi connectivity index (χ1v) is 3.59. The second kappa shape index (κ2) is 11.4. The second-order valence-electron chi connectivity index (χ2n) is 2.25. The molecule has 1 heterocycles. The normalized spacial score (nSPS) is 15.1. The maximum atomic E-state index is 10.6. The van der Waals surface area contributed by atoms with Crippen molar-refractivity contribution in [1.82, 2.24) is 5.32 Å². The van der Waals surface area contributed by atoms with Gasteiger partial charge in [-0.25, -0.2) is 5.26 Å². The maximum Gasteiger partial charge on any atom is 1.00 e. The molecule has 1 aliphatic rings. The zero-order valence-electron chi connectivity index (χ0n) is 7.30. The van der Waals surface area contributed by atoms with Crippen molar-refractivity contribution < 1.29 is 61.3 Å². The molecule has 1 saturated heterocycles. The number of rotatable bonds is 0. The molecule has 1 rings (SSSR count). The van der Waals surface area contributed by atoms with E-state index in [2.05, 4.69) is 5.32 Å². The van der Waals surface area contributed by atoms with Crippen molar-refractivity contribution in [2.45, 2.75) is 25.7 Å². The van der Waals surface area contributed by atoms with Gasteiger partial charge in [-0.3, -0.25) is 4.79 Å². The van der Waals surface area contributed by atoms with E-state index in [9.17, 15) is 4.79 Å². The summed E-state index contributed by atoms with van der Waals surface area (Å²) in [6.45, 7) is 0.888. The van der Waals surface area contributed by atoms with Crippen LogP contribution < -0.4 is 61.8 Å². The first kappa shape index (κ1) is 14.9. The van der Waals surface area contributed by atoms with Gasteiger partial charge in [-0.1, -0.05) is 6.42 Å². The molecule has 1 aliphatic heterocycles. The van der Waals surface area contributed by atoms with Crippen LogP contribution in [0.2, 0.25) is 0 Å². The number of amides is 1. The topological polar surface area (TPSA) is 75.9 Å². The molecule has 1 amide bonds. The number of nitrogens with zero attached hydrogens (tertiary/aromatic N) is 1. The molecule has 0 aliphatic carbocycles. The largest absolute Gasteiger partial charge is 1.00 e. The van der Waals surface area contributed by atoms with Crippen molar-refractivity contribution in [3.63, 3.8) is 0 Å². The Balaban J connectivity index is 0. The Morgan fingerprint density at radius 3 is 2.58 bits per heavy atom. The number of nitriles is 1. The monoisotopic (exact) mass is 194 g/mol. The summed E-state index contributed by atoms with van der Waals surface area (Å²) in [7, 11) is 0. The molecule has 0 spiro atoms. The Morgan fingerprint density at radius 1 is 1.42 bits per heavy atom. The average molecular weight is 194 g/mol. The standard InChI is InChI=1S/C6H11NO.CHNO.K/c8-6-4-2-1-3-5-7-6;2-1-3;/h1-5H2,(H,7,8);3H;/q;;+1/p-1. The SMILES string of the molecule is N#C[O-].O=C1CCCCCN1.[K+]. The number of hydrogen-bond acceptors (Lipinski definition) is 3. The van der Waals surface area contributed by atoms with Crippen molar-refractivity contribution in [2.75, 3.05) is 6.54 Å². The van der Waals surface area contributed by atoms with E-state index in [1.54, 1.807) is 0 Å². The van der Waals surface area contributed by atoms with Gasteiger partial charge in [0.2, 0.25) is 5.91 Å². The van der Waals surface area contributed by atoms with Crippen LogP contribution in [0.25, 0.3) is 0 Å². The minimum atomic E-state index is 0. The summed E-state index contributed by atoms with van der Waals surface area (Å²) in [5, 5.41) is 17.8. The molecule has 5 heteroatoms. The molecule has 0 saturated carbocycles. The quantitative estimate of drug-likeness (QED) is 0.321. The fourth-order valence-electron chi connectivity index (χ4n) is 0.904. The van der Waals surface area contributed by atoms with Crippen LogP contribution >= 0.6 is 0 Å². The third-order valence-electron chi connectivity index (χ3n) is 1.40. The molecule has 0 bridgehead atoms. The molecule has 4 nitrogen and oxygen atoms in total. The fourth-order valence-corrected chi connectivity index (χ4v) is 0.904. The van der Waals surface area contributed by atoms with Crippen molar-refractivity contribution in [2.24, 2.45) is 0 Å². The molecular weight excluding hydrogens is 183 g/mol. The fraction of sp³-hybridized carbons (Fsp3) is 0.714. The van der Waals surface area contributed by atoms with Crippen LogP contribution in [0.15, 0.2) is 0 Å². The van der Waals surface area contributed by atoms with E-state index < -0.39 is 0 Å². The molecule has 1 N–H and O–H groups in total. The van der Waals surface area contributed by atoms with Gasteiger partial charge in [0.15, 0.2) is 0 Å². The molecule has 0 aromatic heterocycles. The van der Waals surface area contributed by atoms with Crippen LogP contribution in [0, 0.1) is 11.5 Å². The average Bonchev–Trinajstić information content (AvgIpc) is 2.18. The van der Waals surface area contributed by atoms with Crippen molar-refractivity contribution in [3.05, 3.63) is 0 Å². The summed E-state index contributed by atoms with van der Waals surface area (Å²) in [6.07, 6.45) is 4.68. The molecule has 1 fully saturated rings. The van der Waals surface area contributed by atoms with Crippen LogP contribution in [0.1, 0.15) is 25.7 Å². The van der Waals surface area contributed by atoms with E-state index in [0.717, 1.165) is 25.8 Å². The summed E-state index contributed by atoms with van der Waals surface area (Å²) in [5.41, 5.74) is 0. The van der Waals surface area contributed by atoms with E-state index in [-0.39, 0.29) is 57.3 Å². The number of nitrogens with one attached hydrogen (secondary N) is 1. The van der Waals surface area contributed by atoms with Crippen molar-refractivity contribution in [1.29, 1.82) is 5.26 Å². The van der Waals surface area contributed by atoms with Gasteiger partial charge in [-0.05, 0) is 12.8 Å². The molecule has 0 atom stereocenters. The van der Waals surface area contributed by atoms with E-state index >= 15 is 0 Å². The molecule has 0 aromatic rings. The predicted octanol–water partition coefficient (Wildman–Crippen LogP) is -3.49. The zero-order valence-corrected chi connectivity index (χ0v) is 10.4. The van der Waals surface area contributed by atoms with E-state index in [4.69, 9.17) is 10.4 Å². The smallest absolute Gasteiger partial charge is 0.812 e. The first-order chi connectivity index (χ1) is 5.31. The summed E-state index contributed by atoms with van der Waals surface area (Å²) in [4.78, 5) is 10.6. The van der Waals surface area contributed by atoms with Crippen molar-refractivity contribution >= 4 is 5.91 Å². The summed E-state index contributed by atoms with van der Waals surface area (Å²) in [6, 6.07) is 0. The van der Waals surface area contributed by atoms with Gasteiger partial charge in [0.05, 0.1) is 0 Å². The van der Waals surface area contributed by atoms with E-state index in [1.165, 1.54) is 6.42 Å². The van der Waals surface area contributed by atoms with Gasteiger partial charge >= 0.3 is 51.4 Å². The third kappa shape index (κ3) is 10.4. The summed E-state index contributed by atoms with van der Waals surface area (Å²) in [5.74, 6) is 0.225. The van der Waals surface area contributed by atoms with Crippen LogP contribution in [0.4, 0.5) is 0 Å². The van der Waals surface area contributed by atoms with Gasteiger partial charge in [0, 0.05) is 19.2 Å². The van der Waals surface area contributed by atoms with Gasteiger partial charge in [-0.2, -0.15) is 0 Å². The minimum absolute atomic E-state index is 0. The summed E-state index contributed by atoms with van der Waals surface area (Å²) < 4.78 is 0. The van der Waals surface area contributed by atoms with Gasteiger partial charge in [-0.15, -0.1) is 0 Å². The second-order valence-corrected chi connectivity index (χ2v) is 2.25. The van der Waals surface area contributed by atoms with Gasteiger partial charge < -0.3 is 10.4 Å². The predicted molar refractivity (Wildman–Crippen MR) is 37.1 cm³/mol.